The Hall–Kier alpha value is -1.88. The Balaban J connectivity index is 2.33. The Morgan fingerprint density at radius 2 is 2.16 bits per heavy atom. The smallest absolute Gasteiger partial charge is 0.303 e. The van der Waals surface area contributed by atoms with Gasteiger partial charge in [0.05, 0.1) is 23.5 Å². The lowest BCUT2D eigenvalue weighted by Crippen LogP contribution is -2.03. The van der Waals surface area contributed by atoms with Crippen LogP contribution >= 0.6 is 11.6 Å². The minimum atomic E-state index is -0.836. The largest absolute Gasteiger partial charge is 0.481 e. The predicted octanol–water partition coefficient (Wildman–Crippen LogP) is 2.55. The number of aryl methyl sites for hydroxylation is 2. The Morgan fingerprint density at radius 3 is 2.79 bits per heavy atom. The summed E-state index contributed by atoms with van der Waals surface area (Å²) < 4.78 is 1.71. The third-order valence-corrected chi connectivity index (χ3v) is 3.19. The van der Waals surface area contributed by atoms with Crippen LogP contribution in [0.3, 0.4) is 0 Å². The quantitative estimate of drug-likeness (QED) is 0.934. The SMILES string of the molecule is Cc1cc(Cl)ccc1-n1nnc(CCC(=O)O)c1C. The Morgan fingerprint density at radius 1 is 1.42 bits per heavy atom. The fourth-order valence-electron chi connectivity index (χ4n) is 1.90. The molecule has 0 aliphatic rings. The number of halogens is 1. The molecular formula is C13H14ClN3O2. The molecule has 1 aromatic heterocycles. The number of rotatable bonds is 4. The van der Waals surface area contributed by atoms with Crippen molar-refractivity contribution in [3.8, 4) is 5.69 Å². The van der Waals surface area contributed by atoms with Gasteiger partial charge in [0.25, 0.3) is 0 Å². The van der Waals surface area contributed by atoms with E-state index in [9.17, 15) is 4.79 Å². The number of carboxylic acids is 1. The summed E-state index contributed by atoms with van der Waals surface area (Å²) in [6.45, 7) is 3.82. The molecule has 0 aliphatic heterocycles. The average molecular weight is 280 g/mol. The lowest BCUT2D eigenvalue weighted by Gasteiger charge is -2.07. The van der Waals surface area contributed by atoms with Crippen molar-refractivity contribution < 1.29 is 9.90 Å². The molecule has 2 rings (SSSR count). The highest BCUT2D eigenvalue weighted by Gasteiger charge is 2.12. The standard InChI is InChI=1S/C13H14ClN3O2/c1-8-7-10(14)3-5-12(8)17-9(2)11(15-16-17)4-6-13(18)19/h3,5,7H,4,6H2,1-2H3,(H,18,19). The van der Waals surface area contributed by atoms with Gasteiger partial charge in [-0.2, -0.15) is 0 Å². The average Bonchev–Trinajstić information content (AvgIpc) is 2.68. The molecule has 0 amide bonds. The highest BCUT2D eigenvalue weighted by molar-refractivity contribution is 6.30. The van der Waals surface area contributed by atoms with Crippen LogP contribution < -0.4 is 0 Å². The first kappa shape index (κ1) is 13.5. The first-order chi connectivity index (χ1) is 8.99. The zero-order valence-electron chi connectivity index (χ0n) is 10.7. The van der Waals surface area contributed by atoms with E-state index in [0.717, 1.165) is 16.9 Å². The summed E-state index contributed by atoms with van der Waals surface area (Å²) in [5.41, 5.74) is 3.45. The number of benzene rings is 1. The molecule has 0 unspecified atom stereocenters. The topological polar surface area (TPSA) is 68.0 Å². The first-order valence-corrected chi connectivity index (χ1v) is 6.26. The molecule has 0 radical (unpaired) electrons. The van der Waals surface area contributed by atoms with Gasteiger partial charge in [-0.15, -0.1) is 5.10 Å². The second kappa shape index (κ2) is 5.40. The van der Waals surface area contributed by atoms with E-state index in [0.29, 0.717) is 17.1 Å². The van der Waals surface area contributed by atoms with Crippen LogP contribution in [0.5, 0.6) is 0 Å². The van der Waals surface area contributed by atoms with Gasteiger partial charge < -0.3 is 5.11 Å². The number of aromatic nitrogens is 3. The highest BCUT2D eigenvalue weighted by Crippen LogP contribution is 2.20. The maximum absolute atomic E-state index is 10.6. The summed E-state index contributed by atoms with van der Waals surface area (Å²) in [5, 5.41) is 17.5. The van der Waals surface area contributed by atoms with Gasteiger partial charge in [0, 0.05) is 11.4 Å². The van der Waals surface area contributed by atoms with E-state index >= 15 is 0 Å². The molecule has 5 nitrogen and oxygen atoms in total. The number of nitrogens with zero attached hydrogens (tertiary/aromatic N) is 3. The summed E-state index contributed by atoms with van der Waals surface area (Å²) in [6.07, 6.45) is 0.437. The van der Waals surface area contributed by atoms with Gasteiger partial charge in [-0.3, -0.25) is 4.79 Å². The van der Waals surface area contributed by atoms with Crippen LogP contribution in [0, 0.1) is 13.8 Å². The lowest BCUT2D eigenvalue weighted by atomic mass is 10.2. The molecule has 0 saturated carbocycles. The van der Waals surface area contributed by atoms with E-state index in [2.05, 4.69) is 10.3 Å². The molecule has 0 bridgehead atoms. The van der Waals surface area contributed by atoms with Crippen molar-refractivity contribution in [2.75, 3.05) is 0 Å². The van der Waals surface area contributed by atoms with Crippen LogP contribution in [0.4, 0.5) is 0 Å². The third-order valence-electron chi connectivity index (χ3n) is 2.95. The summed E-state index contributed by atoms with van der Waals surface area (Å²) in [6, 6.07) is 5.52. The number of hydrogen-bond acceptors (Lipinski definition) is 3. The molecule has 100 valence electrons. The van der Waals surface area contributed by atoms with Gasteiger partial charge in [-0.1, -0.05) is 16.8 Å². The van der Waals surface area contributed by atoms with Gasteiger partial charge in [-0.25, -0.2) is 4.68 Å². The van der Waals surface area contributed by atoms with E-state index < -0.39 is 5.97 Å². The van der Waals surface area contributed by atoms with Crippen LogP contribution in [0.2, 0.25) is 5.02 Å². The van der Waals surface area contributed by atoms with E-state index in [1.807, 2.05) is 26.0 Å². The molecule has 1 N–H and O–H groups in total. The van der Waals surface area contributed by atoms with Crippen LogP contribution in [0.15, 0.2) is 18.2 Å². The van der Waals surface area contributed by atoms with Crippen molar-refractivity contribution >= 4 is 17.6 Å². The monoisotopic (exact) mass is 279 g/mol. The van der Waals surface area contributed by atoms with Crippen LogP contribution in [-0.2, 0) is 11.2 Å². The fraction of sp³-hybridized carbons (Fsp3) is 0.308. The van der Waals surface area contributed by atoms with Gasteiger partial charge in [0.1, 0.15) is 0 Å². The van der Waals surface area contributed by atoms with Gasteiger partial charge in [-0.05, 0) is 37.6 Å². The second-order valence-electron chi connectivity index (χ2n) is 4.36. The minimum Gasteiger partial charge on any atom is -0.481 e. The van der Waals surface area contributed by atoms with E-state index in [1.165, 1.54) is 0 Å². The molecule has 0 atom stereocenters. The molecule has 1 aromatic carbocycles. The van der Waals surface area contributed by atoms with Crippen LogP contribution in [0.25, 0.3) is 5.69 Å². The summed E-state index contributed by atoms with van der Waals surface area (Å²) in [5.74, 6) is -0.836. The van der Waals surface area contributed by atoms with Crippen molar-refractivity contribution in [2.24, 2.45) is 0 Å². The van der Waals surface area contributed by atoms with Gasteiger partial charge >= 0.3 is 5.97 Å². The highest BCUT2D eigenvalue weighted by atomic mass is 35.5. The molecule has 2 aromatic rings. The van der Waals surface area contributed by atoms with Crippen molar-refractivity contribution in [1.29, 1.82) is 0 Å². The third kappa shape index (κ3) is 2.93. The molecule has 6 heteroatoms. The maximum Gasteiger partial charge on any atom is 0.303 e. The molecule has 0 aliphatic carbocycles. The van der Waals surface area contributed by atoms with E-state index in [4.69, 9.17) is 16.7 Å². The number of aliphatic carboxylic acids is 1. The number of carbonyl (C=O) groups is 1. The van der Waals surface area contributed by atoms with Crippen LogP contribution in [-0.4, -0.2) is 26.1 Å². The molecule has 0 fully saturated rings. The molecule has 0 spiro atoms. The normalized spacial score (nSPS) is 10.7. The zero-order valence-corrected chi connectivity index (χ0v) is 11.5. The predicted molar refractivity (Wildman–Crippen MR) is 71.8 cm³/mol. The Labute approximate surface area is 115 Å². The summed E-state index contributed by atoms with van der Waals surface area (Å²) in [7, 11) is 0. The Bertz CT molecular complexity index is 622. The van der Waals surface area contributed by atoms with Crippen molar-refractivity contribution in [2.45, 2.75) is 26.7 Å². The molecule has 1 heterocycles. The van der Waals surface area contributed by atoms with Crippen molar-refractivity contribution in [3.05, 3.63) is 40.2 Å². The number of carboxylic acid groups (broad SMARTS) is 1. The van der Waals surface area contributed by atoms with Crippen LogP contribution in [0.1, 0.15) is 23.4 Å². The van der Waals surface area contributed by atoms with Crippen molar-refractivity contribution in [3.63, 3.8) is 0 Å². The zero-order chi connectivity index (χ0) is 14.0. The molecular weight excluding hydrogens is 266 g/mol. The molecule has 19 heavy (non-hydrogen) atoms. The van der Waals surface area contributed by atoms with E-state index in [-0.39, 0.29) is 6.42 Å². The first-order valence-electron chi connectivity index (χ1n) is 5.88. The fourth-order valence-corrected chi connectivity index (χ4v) is 2.13. The summed E-state index contributed by atoms with van der Waals surface area (Å²) >= 11 is 5.92. The second-order valence-corrected chi connectivity index (χ2v) is 4.79. The maximum atomic E-state index is 10.6. The van der Waals surface area contributed by atoms with Gasteiger partial charge in [0.2, 0.25) is 0 Å². The minimum absolute atomic E-state index is 0.0547. The van der Waals surface area contributed by atoms with Gasteiger partial charge in [0.15, 0.2) is 0 Å². The number of hydrogen-bond donors (Lipinski definition) is 1. The van der Waals surface area contributed by atoms with E-state index in [1.54, 1.807) is 10.7 Å². The lowest BCUT2D eigenvalue weighted by molar-refractivity contribution is -0.136. The Kier molecular flexibility index (Phi) is 3.85. The molecule has 0 saturated heterocycles. The summed E-state index contributed by atoms with van der Waals surface area (Å²) in [4.78, 5) is 10.6. The van der Waals surface area contributed by atoms with Crippen molar-refractivity contribution in [1.82, 2.24) is 15.0 Å².